The van der Waals surface area contributed by atoms with Crippen LogP contribution in [0.5, 0.6) is 0 Å². The van der Waals surface area contributed by atoms with E-state index in [2.05, 4.69) is 16.0 Å². The number of amides is 3. The molecule has 0 bridgehead atoms. The number of benzene rings is 1. The SMILES string of the molecule is Cl.NCC(=O)NCC(=O)NCCNC(=O)c1ccc(F)cc1. The first-order valence-electron chi connectivity index (χ1n) is 6.30. The minimum atomic E-state index is -0.422. The Morgan fingerprint density at radius 3 is 2.14 bits per heavy atom. The highest BCUT2D eigenvalue weighted by molar-refractivity contribution is 5.94. The molecule has 0 radical (unpaired) electrons. The second kappa shape index (κ2) is 10.5. The summed E-state index contributed by atoms with van der Waals surface area (Å²) in [5.41, 5.74) is 5.39. The predicted octanol–water partition coefficient (Wildman–Crippen LogP) is -0.832. The Balaban J connectivity index is 0.00000441. The van der Waals surface area contributed by atoms with Crippen molar-refractivity contribution in [1.82, 2.24) is 16.0 Å². The van der Waals surface area contributed by atoms with Gasteiger partial charge >= 0.3 is 0 Å². The van der Waals surface area contributed by atoms with Crippen LogP contribution >= 0.6 is 12.4 Å². The summed E-state index contributed by atoms with van der Waals surface area (Å²) in [7, 11) is 0. The van der Waals surface area contributed by atoms with Gasteiger partial charge in [-0.1, -0.05) is 0 Å². The predicted molar refractivity (Wildman–Crippen MR) is 81.1 cm³/mol. The lowest BCUT2D eigenvalue weighted by atomic mass is 10.2. The fourth-order valence-electron chi connectivity index (χ4n) is 1.39. The Hall–Kier alpha value is -2.19. The number of hydrogen-bond acceptors (Lipinski definition) is 4. The first-order chi connectivity index (χ1) is 10.0. The average molecular weight is 333 g/mol. The summed E-state index contributed by atoms with van der Waals surface area (Å²) >= 11 is 0. The van der Waals surface area contributed by atoms with Gasteiger partial charge in [0, 0.05) is 18.7 Å². The van der Waals surface area contributed by atoms with E-state index in [-0.39, 0.29) is 50.4 Å². The maximum absolute atomic E-state index is 12.7. The second-order valence-corrected chi connectivity index (χ2v) is 4.09. The topological polar surface area (TPSA) is 113 Å². The third-order valence-corrected chi connectivity index (χ3v) is 2.47. The molecule has 5 N–H and O–H groups in total. The van der Waals surface area contributed by atoms with Crippen LogP contribution < -0.4 is 21.7 Å². The van der Waals surface area contributed by atoms with Crippen LogP contribution in [0.25, 0.3) is 0 Å². The zero-order valence-corrected chi connectivity index (χ0v) is 12.5. The smallest absolute Gasteiger partial charge is 0.251 e. The van der Waals surface area contributed by atoms with Crippen molar-refractivity contribution < 1.29 is 18.8 Å². The zero-order valence-electron chi connectivity index (χ0n) is 11.7. The van der Waals surface area contributed by atoms with Crippen LogP contribution in [0.1, 0.15) is 10.4 Å². The summed E-state index contributed by atoms with van der Waals surface area (Å²) in [4.78, 5) is 33.7. The summed E-state index contributed by atoms with van der Waals surface area (Å²) in [5.74, 6) is -1.58. The fraction of sp³-hybridized carbons (Fsp3) is 0.308. The molecule has 1 aromatic carbocycles. The van der Waals surface area contributed by atoms with Gasteiger partial charge in [0.25, 0.3) is 5.91 Å². The normalized spacial score (nSPS) is 9.36. The van der Waals surface area contributed by atoms with E-state index in [1.165, 1.54) is 24.3 Å². The molecule has 3 amide bonds. The molecule has 0 spiro atoms. The minimum absolute atomic E-state index is 0. The Bertz CT molecular complexity index is 511. The number of halogens is 2. The van der Waals surface area contributed by atoms with E-state index in [9.17, 15) is 18.8 Å². The van der Waals surface area contributed by atoms with Gasteiger partial charge in [-0.05, 0) is 24.3 Å². The standard InChI is InChI=1S/C13H17FN4O3.ClH/c14-10-3-1-9(2-4-10)13(21)17-6-5-16-12(20)8-18-11(19)7-15;/h1-4H,5-8,15H2,(H,16,20)(H,17,21)(H,18,19);1H. The van der Waals surface area contributed by atoms with Crippen LogP contribution in [0.4, 0.5) is 4.39 Å². The third-order valence-electron chi connectivity index (χ3n) is 2.47. The lowest BCUT2D eigenvalue weighted by Gasteiger charge is -2.07. The Kier molecular flexibility index (Phi) is 9.48. The molecule has 0 atom stereocenters. The van der Waals surface area contributed by atoms with E-state index in [4.69, 9.17) is 5.73 Å². The summed E-state index contributed by atoms with van der Waals surface area (Å²) in [5, 5.41) is 7.39. The van der Waals surface area contributed by atoms with Crippen LogP contribution in [0.15, 0.2) is 24.3 Å². The maximum Gasteiger partial charge on any atom is 0.251 e. The molecule has 1 aromatic rings. The van der Waals surface area contributed by atoms with Crippen LogP contribution in [0, 0.1) is 5.82 Å². The van der Waals surface area contributed by atoms with E-state index < -0.39 is 11.7 Å². The molecule has 122 valence electrons. The monoisotopic (exact) mass is 332 g/mol. The Labute approximate surface area is 133 Å². The van der Waals surface area contributed by atoms with Crippen molar-refractivity contribution in [3.63, 3.8) is 0 Å². The van der Waals surface area contributed by atoms with E-state index in [1.54, 1.807) is 0 Å². The van der Waals surface area contributed by atoms with Gasteiger partial charge in [-0.3, -0.25) is 14.4 Å². The van der Waals surface area contributed by atoms with Gasteiger partial charge in [-0.25, -0.2) is 4.39 Å². The molecule has 0 aromatic heterocycles. The van der Waals surface area contributed by atoms with Gasteiger partial charge in [0.2, 0.25) is 11.8 Å². The van der Waals surface area contributed by atoms with Gasteiger partial charge in [0.1, 0.15) is 5.82 Å². The molecule has 9 heteroatoms. The molecule has 0 unspecified atom stereocenters. The second-order valence-electron chi connectivity index (χ2n) is 4.09. The number of rotatable bonds is 7. The van der Waals surface area contributed by atoms with Gasteiger partial charge < -0.3 is 21.7 Å². The lowest BCUT2D eigenvalue weighted by Crippen LogP contribution is -2.41. The number of nitrogens with two attached hydrogens (primary N) is 1. The summed E-state index contributed by atoms with van der Waals surface area (Å²) in [6.07, 6.45) is 0. The molecular formula is C13H18ClFN4O3. The van der Waals surface area contributed by atoms with E-state index in [0.717, 1.165) is 0 Å². The van der Waals surface area contributed by atoms with Gasteiger partial charge in [-0.2, -0.15) is 0 Å². The van der Waals surface area contributed by atoms with Crippen LogP contribution in [0.2, 0.25) is 0 Å². The summed E-state index contributed by atoms with van der Waals surface area (Å²) < 4.78 is 12.7. The van der Waals surface area contributed by atoms with Crippen LogP contribution in [-0.2, 0) is 9.59 Å². The van der Waals surface area contributed by atoms with Gasteiger partial charge in [0.05, 0.1) is 13.1 Å². The van der Waals surface area contributed by atoms with Crippen molar-refractivity contribution in [3.05, 3.63) is 35.6 Å². The highest BCUT2D eigenvalue weighted by Gasteiger charge is 2.06. The summed E-state index contributed by atoms with van der Waals surface area (Å²) in [6, 6.07) is 5.12. The minimum Gasteiger partial charge on any atom is -0.353 e. The highest BCUT2D eigenvalue weighted by Crippen LogP contribution is 2.01. The molecule has 0 aliphatic rings. The third kappa shape index (κ3) is 7.55. The van der Waals surface area contributed by atoms with Crippen molar-refractivity contribution >= 4 is 30.1 Å². The quantitative estimate of drug-likeness (QED) is 0.488. The maximum atomic E-state index is 12.7. The fourth-order valence-corrected chi connectivity index (χ4v) is 1.39. The Morgan fingerprint density at radius 1 is 0.955 bits per heavy atom. The molecule has 0 saturated heterocycles. The first-order valence-corrected chi connectivity index (χ1v) is 6.30. The Morgan fingerprint density at radius 2 is 1.55 bits per heavy atom. The molecule has 0 heterocycles. The van der Waals surface area contributed by atoms with Gasteiger partial charge in [-0.15, -0.1) is 12.4 Å². The highest BCUT2D eigenvalue weighted by atomic mass is 35.5. The average Bonchev–Trinajstić information content (AvgIpc) is 2.49. The molecule has 0 fully saturated rings. The van der Waals surface area contributed by atoms with E-state index in [1.807, 2.05) is 0 Å². The number of hydrogen-bond donors (Lipinski definition) is 4. The molecule has 1 rings (SSSR count). The van der Waals surface area contributed by atoms with Gasteiger partial charge in [0.15, 0.2) is 0 Å². The van der Waals surface area contributed by atoms with Crippen molar-refractivity contribution in [2.75, 3.05) is 26.2 Å². The molecule has 0 aliphatic carbocycles. The first kappa shape index (κ1) is 19.8. The molecule has 22 heavy (non-hydrogen) atoms. The van der Waals surface area contributed by atoms with Crippen molar-refractivity contribution in [1.29, 1.82) is 0 Å². The van der Waals surface area contributed by atoms with Crippen molar-refractivity contribution in [2.24, 2.45) is 5.73 Å². The number of nitrogens with one attached hydrogen (secondary N) is 3. The molecular weight excluding hydrogens is 315 g/mol. The zero-order chi connectivity index (χ0) is 15.7. The van der Waals surface area contributed by atoms with E-state index in [0.29, 0.717) is 5.56 Å². The van der Waals surface area contributed by atoms with Crippen molar-refractivity contribution in [2.45, 2.75) is 0 Å². The van der Waals surface area contributed by atoms with Crippen molar-refractivity contribution in [3.8, 4) is 0 Å². The lowest BCUT2D eigenvalue weighted by molar-refractivity contribution is -0.125. The van der Waals surface area contributed by atoms with Crippen LogP contribution in [0.3, 0.4) is 0 Å². The molecule has 0 saturated carbocycles. The largest absolute Gasteiger partial charge is 0.353 e. The summed E-state index contributed by atoms with van der Waals surface area (Å²) in [6.45, 7) is 0.0833. The van der Waals surface area contributed by atoms with E-state index >= 15 is 0 Å². The number of carbonyl (C=O) groups is 3. The number of carbonyl (C=O) groups excluding carboxylic acids is 3. The molecule has 7 nitrogen and oxygen atoms in total. The van der Waals surface area contributed by atoms with Crippen LogP contribution in [-0.4, -0.2) is 43.9 Å². The molecule has 0 aliphatic heterocycles.